The molecule has 9 heteroatoms. The number of anilines is 1. The molecule has 1 fully saturated rings. The van der Waals surface area contributed by atoms with Crippen LogP contribution in [0.3, 0.4) is 0 Å². The van der Waals surface area contributed by atoms with Crippen LogP contribution in [0.25, 0.3) is 22.4 Å². The summed E-state index contributed by atoms with van der Waals surface area (Å²) in [5.41, 5.74) is 5.63. The molecule has 31 heavy (non-hydrogen) atoms. The molecule has 0 bridgehead atoms. The molecule has 0 aliphatic heterocycles. The van der Waals surface area contributed by atoms with Crippen molar-refractivity contribution in [1.29, 1.82) is 0 Å². The van der Waals surface area contributed by atoms with E-state index in [4.69, 9.17) is 4.52 Å². The topological polar surface area (TPSA) is 104 Å². The first-order chi connectivity index (χ1) is 15.0. The first kappa shape index (κ1) is 19.5. The Morgan fingerprint density at radius 3 is 2.71 bits per heavy atom. The van der Waals surface area contributed by atoms with Crippen LogP contribution >= 0.6 is 0 Å². The van der Waals surface area contributed by atoms with Gasteiger partial charge in [-0.3, -0.25) is 14.2 Å². The fourth-order valence-corrected chi connectivity index (χ4v) is 3.91. The van der Waals surface area contributed by atoms with Gasteiger partial charge in [-0.25, -0.2) is 4.98 Å². The third-order valence-electron chi connectivity index (χ3n) is 5.88. The number of amides is 1. The van der Waals surface area contributed by atoms with Crippen molar-refractivity contribution in [3.63, 3.8) is 0 Å². The fourth-order valence-electron chi connectivity index (χ4n) is 3.91. The molecule has 9 nitrogen and oxygen atoms in total. The molecule has 0 unspecified atom stereocenters. The van der Waals surface area contributed by atoms with Crippen molar-refractivity contribution in [2.45, 2.75) is 59.5 Å². The number of nitrogens with one attached hydrogen (secondary N) is 1. The average Bonchev–Trinajstić information content (AvgIpc) is 3.30. The monoisotopic (exact) mass is 419 g/mol. The van der Waals surface area contributed by atoms with Gasteiger partial charge in [0.05, 0.1) is 28.5 Å². The Balaban J connectivity index is 1.64. The maximum absolute atomic E-state index is 13.4. The molecule has 4 aromatic heterocycles. The number of hydrogen-bond acceptors (Lipinski definition) is 6. The highest BCUT2D eigenvalue weighted by molar-refractivity contribution is 6.15. The van der Waals surface area contributed by atoms with Crippen molar-refractivity contribution in [2.24, 2.45) is 0 Å². The molecule has 1 amide bonds. The van der Waals surface area contributed by atoms with Gasteiger partial charge in [0.15, 0.2) is 0 Å². The van der Waals surface area contributed by atoms with Crippen molar-refractivity contribution < 1.29 is 9.32 Å². The van der Waals surface area contributed by atoms with E-state index in [2.05, 4.69) is 25.7 Å². The summed E-state index contributed by atoms with van der Waals surface area (Å²) < 4.78 is 9.31. The number of aryl methyl sites for hydroxylation is 3. The van der Waals surface area contributed by atoms with E-state index in [0.717, 1.165) is 48.6 Å². The molecule has 0 aromatic carbocycles. The van der Waals surface area contributed by atoms with E-state index in [9.17, 15) is 4.79 Å². The fraction of sp³-hybridized carbons (Fsp3) is 0.409. The van der Waals surface area contributed by atoms with E-state index < -0.39 is 0 Å². The van der Waals surface area contributed by atoms with Gasteiger partial charge in [0.2, 0.25) is 0 Å². The van der Waals surface area contributed by atoms with Gasteiger partial charge in [-0.2, -0.15) is 10.2 Å². The van der Waals surface area contributed by atoms with Gasteiger partial charge in [0, 0.05) is 42.2 Å². The predicted molar refractivity (Wildman–Crippen MR) is 116 cm³/mol. The molecule has 0 atom stereocenters. The number of rotatable bonds is 6. The van der Waals surface area contributed by atoms with Crippen LogP contribution in [0.2, 0.25) is 0 Å². The Morgan fingerprint density at radius 1 is 1.26 bits per heavy atom. The molecule has 4 heterocycles. The highest BCUT2D eigenvalue weighted by Crippen LogP contribution is 2.41. The smallest absolute Gasteiger partial charge is 0.259 e. The second-order valence-corrected chi connectivity index (χ2v) is 7.98. The third-order valence-corrected chi connectivity index (χ3v) is 5.88. The second-order valence-electron chi connectivity index (χ2n) is 7.98. The molecular weight excluding hydrogens is 394 g/mol. The molecule has 1 saturated carbocycles. The van der Waals surface area contributed by atoms with E-state index in [1.807, 2.05) is 44.6 Å². The lowest BCUT2D eigenvalue weighted by Crippen LogP contribution is -2.14. The Labute approximate surface area is 179 Å². The van der Waals surface area contributed by atoms with Gasteiger partial charge in [-0.1, -0.05) is 5.16 Å². The zero-order valence-corrected chi connectivity index (χ0v) is 18.1. The van der Waals surface area contributed by atoms with Gasteiger partial charge in [-0.15, -0.1) is 0 Å². The predicted octanol–water partition coefficient (Wildman–Crippen LogP) is 4.07. The van der Waals surface area contributed by atoms with Gasteiger partial charge < -0.3 is 9.84 Å². The molecule has 4 aromatic rings. The zero-order valence-electron chi connectivity index (χ0n) is 18.1. The Bertz CT molecular complexity index is 1290. The lowest BCUT2D eigenvalue weighted by atomic mass is 10.0. The van der Waals surface area contributed by atoms with Crippen molar-refractivity contribution in [3.8, 4) is 11.3 Å². The minimum atomic E-state index is -0.224. The summed E-state index contributed by atoms with van der Waals surface area (Å²) >= 11 is 0. The van der Waals surface area contributed by atoms with Crippen molar-refractivity contribution in [2.75, 3.05) is 5.32 Å². The SMILES string of the molecule is CCn1cc(NC(=O)c2cc(C3CC3)nc3onc(-c4cnn(CC)c4C)c23)c(C)n1. The number of hydrogen-bond donors (Lipinski definition) is 1. The second kappa shape index (κ2) is 7.33. The van der Waals surface area contributed by atoms with Gasteiger partial charge in [0.25, 0.3) is 11.6 Å². The third kappa shape index (κ3) is 3.30. The Hall–Kier alpha value is -3.49. The van der Waals surface area contributed by atoms with Crippen molar-refractivity contribution in [1.82, 2.24) is 29.7 Å². The van der Waals surface area contributed by atoms with E-state index in [0.29, 0.717) is 34.0 Å². The lowest BCUT2D eigenvalue weighted by Gasteiger charge is -2.08. The summed E-state index contributed by atoms with van der Waals surface area (Å²) in [6, 6.07) is 1.88. The molecule has 0 saturated heterocycles. The summed E-state index contributed by atoms with van der Waals surface area (Å²) in [7, 11) is 0. The quantitative estimate of drug-likeness (QED) is 0.505. The number of nitrogens with zero attached hydrogens (tertiary/aromatic N) is 6. The van der Waals surface area contributed by atoms with Crippen LogP contribution in [0.15, 0.2) is 23.0 Å². The van der Waals surface area contributed by atoms with E-state index >= 15 is 0 Å². The highest BCUT2D eigenvalue weighted by Gasteiger charge is 2.30. The summed E-state index contributed by atoms with van der Waals surface area (Å²) in [6.07, 6.45) is 5.76. The molecule has 1 aliphatic rings. The Kier molecular flexibility index (Phi) is 4.60. The van der Waals surface area contributed by atoms with Crippen LogP contribution in [0, 0.1) is 13.8 Å². The van der Waals surface area contributed by atoms with Crippen LogP contribution in [0.4, 0.5) is 5.69 Å². The van der Waals surface area contributed by atoms with Crippen molar-refractivity contribution >= 4 is 22.7 Å². The average molecular weight is 419 g/mol. The maximum atomic E-state index is 13.4. The standard InChI is InChI=1S/C22H25N7O2/c1-5-28-11-18(12(3)26-28)24-21(30)15-9-17(14-7-8-14)25-22-19(15)20(27-31-22)16-10-23-29(6-2)13(16)4/h9-11,14H,5-8H2,1-4H3,(H,24,30). The molecular formula is C22H25N7O2. The van der Waals surface area contributed by atoms with Gasteiger partial charge in [-0.05, 0) is 46.6 Å². The summed E-state index contributed by atoms with van der Waals surface area (Å²) in [5.74, 6) is 0.150. The van der Waals surface area contributed by atoms with Crippen LogP contribution in [0.5, 0.6) is 0 Å². The summed E-state index contributed by atoms with van der Waals surface area (Å²) in [5, 5.41) is 16.8. The van der Waals surface area contributed by atoms with E-state index in [1.165, 1.54) is 0 Å². The van der Waals surface area contributed by atoms with E-state index in [1.54, 1.807) is 10.9 Å². The first-order valence-electron chi connectivity index (χ1n) is 10.7. The van der Waals surface area contributed by atoms with Crippen molar-refractivity contribution in [3.05, 3.63) is 41.1 Å². The largest absolute Gasteiger partial charge is 0.335 e. The molecule has 5 rings (SSSR count). The van der Waals surface area contributed by atoms with Crippen LogP contribution in [-0.4, -0.2) is 35.6 Å². The Morgan fingerprint density at radius 2 is 2.06 bits per heavy atom. The summed E-state index contributed by atoms with van der Waals surface area (Å²) in [4.78, 5) is 18.1. The van der Waals surface area contributed by atoms with Crippen LogP contribution in [0.1, 0.15) is 60.0 Å². The zero-order chi connectivity index (χ0) is 21.7. The highest BCUT2D eigenvalue weighted by atomic mass is 16.5. The molecule has 1 N–H and O–H groups in total. The number of carbonyl (C=O) groups is 1. The molecule has 1 aliphatic carbocycles. The van der Waals surface area contributed by atoms with Crippen LogP contribution in [-0.2, 0) is 13.1 Å². The number of carbonyl (C=O) groups excluding carboxylic acids is 1. The van der Waals surface area contributed by atoms with E-state index in [-0.39, 0.29) is 5.91 Å². The minimum absolute atomic E-state index is 0.224. The molecule has 160 valence electrons. The maximum Gasteiger partial charge on any atom is 0.259 e. The lowest BCUT2D eigenvalue weighted by molar-refractivity contribution is 0.102. The number of pyridine rings is 1. The van der Waals surface area contributed by atoms with Crippen LogP contribution < -0.4 is 5.32 Å². The van der Waals surface area contributed by atoms with Gasteiger partial charge in [0.1, 0.15) is 5.69 Å². The summed E-state index contributed by atoms with van der Waals surface area (Å²) in [6.45, 7) is 9.39. The van der Waals surface area contributed by atoms with Gasteiger partial charge >= 0.3 is 0 Å². The number of fused-ring (bicyclic) bond motifs is 1. The first-order valence-corrected chi connectivity index (χ1v) is 10.7. The molecule has 0 spiro atoms. The minimum Gasteiger partial charge on any atom is -0.335 e. The number of aromatic nitrogens is 6. The molecule has 0 radical (unpaired) electrons. The normalized spacial score (nSPS) is 13.8.